The van der Waals surface area contributed by atoms with Crippen molar-refractivity contribution in [3.8, 4) is 0 Å². The van der Waals surface area contributed by atoms with Gasteiger partial charge in [-0.25, -0.2) is 0 Å². The third kappa shape index (κ3) is 4.49. The largest absolute Gasteiger partial charge is 0.481 e. The van der Waals surface area contributed by atoms with Crippen molar-refractivity contribution in [1.29, 1.82) is 0 Å². The van der Waals surface area contributed by atoms with Crippen LogP contribution >= 0.6 is 11.8 Å². The Morgan fingerprint density at radius 3 is 2.33 bits per heavy atom. The van der Waals surface area contributed by atoms with Crippen LogP contribution in [-0.4, -0.2) is 29.8 Å². The molecule has 0 radical (unpaired) electrons. The molecule has 1 aromatic rings. The average Bonchev–Trinajstić information content (AvgIpc) is 2.53. The molecule has 0 spiro atoms. The maximum absolute atomic E-state index is 12.0. The summed E-state index contributed by atoms with van der Waals surface area (Å²) in [5, 5.41) is 11.9. The molecule has 0 saturated heterocycles. The Bertz CT molecular complexity index is 493. The Balaban J connectivity index is 1.77. The van der Waals surface area contributed by atoms with Crippen molar-refractivity contribution in [3.05, 3.63) is 29.8 Å². The molecular weight excluding hydrogens is 286 g/mol. The van der Waals surface area contributed by atoms with Crippen molar-refractivity contribution in [1.82, 2.24) is 5.32 Å². The zero-order valence-corrected chi connectivity index (χ0v) is 13.0. The monoisotopic (exact) mass is 307 g/mol. The number of benzene rings is 1. The fraction of sp³-hybridized carbons (Fsp3) is 0.500. The lowest BCUT2D eigenvalue weighted by molar-refractivity contribution is -0.143. The minimum Gasteiger partial charge on any atom is -0.481 e. The van der Waals surface area contributed by atoms with E-state index in [1.807, 2.05) is 30.5 Å². The van der Waals surface area contributed by atoms with Gasteiger partial charge in [-0.3, -0.25) is 9.59 Å². The van der Waals surface area contributed by atoms with Gasteiger partial charge in [0.15, 0.2) is 0 Å². The molecular formula is C16H21NO3S. The molecule has 114 valence electrons. The normalized spacial score (nSPS) is 21.8. The number of carbonyl (C=O) groups is 2. The molecule has 0 aromatic heterocycles. The van der Waals surface area contributed by atoms with E-state index < -0.39 is 5.97 Å². The molecule has 21 heavy (non-hydrogen) atoms. The van der Waals surface area contributed by atoms with Gasteiger partial charge in [0, 0.05) is 17.0 Å². The minimum absolute atomic E-state index is 0.0528. The van der Waals surface area contributed by atoms with Crippen molar-refractivity contribution >= 4 is 23.6 Å². The lowest BCUT2D eigenvalue weighted by atomic mass is 9.82. The summed E-state index contributed by atoms with van der Waals surface area (Å²) in [4.78, 5) is 24.1. The highest BCUT2D eigenvalue weighted by Crippen LogP contribution is 2.28. The molecule has 1 aliphatic rings. The number of carbonyl (C=O) groups excluding carboxylic acids is 1. The average molecular weight is 307 g/mol. The first-order chi connectivity index (χ1) is 10.1. The third-order valence-electron chi connectivity index (χ3n) is 4.10. The highest BCUT2D eigenvalue weighted by Gasteiger charge is 2.25. The van der Waals surface area contributed by atoms with Crippen LogP contribution in [0.3, 0.4) is 0 Å². The van der Waals surface area contributed by atoms with Gasteiger partial charge in [-0.05, 0) is 62.1 Å². The van der Waals surface area contributed by atoms with Gasteiger partial charge in [0.1, 0.15) is 0 Å². The van der Waals surface area contributed by atoms with Crippen LogP contribution in [0.25, 0.3) is 0 Å². The summed E-state index contributed by atoms with van der Waals surface area (Å²) < 4.78 is 0. The highest BCUT2D eigenvalue weighted by molar-refractivity contribution is 7.98. The molecule has 2 N–H and O–H groups in total. The lowest BCUT2D eigenvalue weighted by Crippen LogP contribution is -2.32. The van der Waals surface area contributed by atoms with Crippen molar-refractivity contribution in [2.24, 2.45) is 11.8 Å². The van der Waals surface area contributed by atoms with Crippen LogP contribution in [0.4, 0.5) is 0 Å². The Hall–Kier alpha value is -1.49. The van der Waals surface area contributed by atoms with Crippen molar-refractivity contribution in [3.63, 3.8) is 0 Å². The fourth-order valence-corrected chi connectivity index (χ4v) is 3.10. The summed E-state index contributed by atoms with van der Waals surface area (Å²) in [7, 11) is 0. The number of rotatable bonds is 5. The second-order valence-electron chi connectivity index (χ2n) is 5.49. The van der Waals surface area contributed by atoms with E-state index in [1.165, 1.54) is 0 Å². The maximum atomic E-state index is 12.0. The molecule has 5 heteroatoms. The van der Waals surface area contributed by atoms with Crippen molar-refractivity contribution in [2.75, 3.05) is 12.8 Å². The van der Waals surface area contributed by atoms with Crippen LogP contribution in [0.1, 0.15) is 36.0 Å². The molecule has 0 atom stereocenters. The minimum atomic E-state index is -0.689. The number of amides is 1. The van der Waals surface area contributed by atoms with Crippen molar-refractivity contribution in [2.45, 2.75) is 30.6 Å². The first-order valence-corrected chi connectivity index (χ1v) is 8.47. The van der Waals surface area contributed by atoms with Crippen LogP contribution in [0.2, 0.25) is 0 Å². The molecule has 0 unspecified atom stereocenters. The molecule has 2 rings (SSSR count). The van der Waals surface area contributed by atoms with Gasteiger partial charge in [0.2, 0.25) is 0 Å². The van der Waals surface area contributed by atoms with E-state index >= 15 is 0 Å². The van der Waals surface area contributed by atoms with Gasteiger partial charge < -0.3 is 10.4 Å². The summed E-state index contributed by atoms with van der Waals surface area (Å²) >= 11 is 1.65. The van der Waals surface area contributed by atoms with E-state index in [1.54, 1.807) is 11.8 Å². The number of carboxylic acid groups (broad SMARTS) is 1. The predicted octanol–water partition coefficient (Wildman–Crippen LogP) is 3.03. The molecule has 0 bridgehead atoms. The Morgan fingerprint density at radius 2 is 1.81 bits per heavy atom. The molecule has 1 aromatic carbocycles. The van der Waals surface area contributed by atoms with Gasteiger partial charge in [0.05, 0.1) is 5.92 Å². The Morgan fingerprint density at radius 1 is 1.19 bits per heavy atom. The van der Waals surface area contributed by atoms with Crippen LogP contribution < -0.4 is 5.32 Å². The van der Waals surface area contributed by atoms with Gasteiger partial charge in [-0.2, -0.15) is 0 Å². The third-order valence-corrected chi connectivity index (χ3v) is 4.84. The van der Waals surface area contributed by atoms with Gasteiger partial charge in [-0.1, -0.05) is 0 Å². The van der Waals surface area contributed by atoms with Crippen LogP contribution in [0, 0.1) is 11.8 Å². The van der Waals surface area contributed by atoms with Gasteiger partial charge >= 0.3 is 5.97 Å². The molecule has 0 heterocycles. The topological polar surface area (TPSA) is 66.4 Å². The molecule has 1 saturated carbocycles. The summed E-state index contributed by atoms with van der Waals surface area (Å²) in [6, 6.07) is 7.56. The van der Waals surface area contributed by atoms with E-state index in [-0.39, 0.29) is 11.8 Å². The van der Waals surface area contributed by atoms with E-state index in [0.29, 0.717) is 18.0 Å². The molecule has 4 nitrogen and oxygen atoms in total. The second-order valence-corrected chi connectivity index (χ2v) is 6.37. The van der Waals surface area contributed by atoms with E-state index in [0.717, 1.165) is 30.6 Å². The van der Waals surface area contributed by atoms with Gasteiger partial charge in [-0.15, -0.1) is 11.8 Å². The highest BCUT2D eigenvalue weighted by atomic mass is 32.2. The molecule has 1 aliphatic carbocycles. The molecule has 0 aliphatic heterocycles. The summed E-state index contributed by atoms with van der Waals surface area (Å²) in [5.41, 5.74) is 0.673. The maximum Gasteiger partial charge on any atom is 0.306 e. The van der Waals surface area contributed by atoms with Crippen LogP contribution in [0.15, 0.2) is 29.2 Å². The Kier molecular flexibility index (Phi) is 5.67. The number of carboxylic acids is 1. The number of aliphatic carboxylic acids is 1. The van der Waals surface area contributed by atoms with Crippen LogP contribution in [0.5, 0.6) is 0 Å². The predicted molar refractivity (Wildman–Crippen MR) is 83.6 cm³/mol. The number of nitrogens with one attached hydrogen (secondary N) is 1. The summed E-state index contributed by atoms with van der Waals surface area (Å²) in [6.07, 6.45) is 5.20. The van der Waals surface area contributed by atoms with E-state index in [2.05, 4.69) is 5.32 Å². The number of hydrogen-bond acceptors (Lipinski definition) is 3. The zero-order valence-electron chi connectivity index (χ0n) is 12.2. The second kappa shape index (κ2) is 7.50. The quantitative estimate of drug-likeness (QED) is 0.821. The molecule has 1 amide bonds. The number of thioether (sulfide) groups is 1. The standard InChI is InChI=1S/C16H21NO3S/c1-21-14-8-6-12(7-9-14)15(18)17-10-11-2-4-13(5-3-11)16(19)20/h6-9,11,13H,2-5,10H2,1H3,(H,17,18)(H,19,20). The SMILES string of the molecule is CSc1ccc(C(=O)NCC2CCC(C(=O)O)CC2)cc1. The summed E-state index contributed by atoms with van der Waals surface area (Å²) in [5.74, 6) is -0.541. The Labute approximate surface area is 129 Å². The van der Waals surface area contributed by atoms with Crippen LogP contribution in [-0.2, 0) is 4.79 Å². The zero-order chi connectivity index (χ0) is 15.2. The first-order valence-electron chi connectivity index (χ1n) is 7.25. The summed E-state index contributed by atoms with van der Waals surface area (Å²) in [6.45, 7) is 0.634. The van der Waals surface area contributed by atoms with Gasteiger partial charge in [0.25, 0.3) is 5.91 Å². The number of hydrogen-bond donors (Lipinski definition) is 2. The lowest BCUT2D eigenvalue weighted by Gasteiger charge is -2.26. The smallest absolute Gasteiger partial charge is 0.306 e. The first kappa shape index (κ1) is 15.9. The van der Waals surface area contributed by atoms with Crippen molar-refractivity contribution < 1.29 is 14.7 Å². The molecule has 1 fully saturated rings. The fourth-order valence-electron chi connectivity index (χ4n) is 2.70. The van der Waals surface area contributed by atoms with E-state index in [4.69, 9.17) is 5.11 Å². The van der Waals surface area contributed by atoms with E-state index in [9.17, 15) is 9.59 Å².